The molecule has 3 nitrogen and oxygen atoms in total. The van der Waals surface area contributed by atoms with Gasteiger partial charge >= 0.3 is 0 Å². The largest absolute Gasteiger partial charge is 0.351 e. The van der Waals surface area contributed by atoms with Crippen molar-refractivity contribution in [2.45, 2.75) is 37.9 Å². The van der Waals surface area contributed by atoms with Crippen LogP contribution in [0.5, 0.6) is 0 Å². The van der Waals surface area contributed by atoms with Crippen LogP contribution >= 0.6 is 0 Å². The molecule has 0 saturated carbocycles. The van der Waals surface area contributed by atoms with E-state index in [4.69, 9.17) is 0 Å². The molecule has 1 aliphatic heterocycles. The molecule has 2 N–H and O–H groups in total. The molecular weight excluding hydrogens is 224 g/mol. The Morgan fingerprint density at radius 3 is 2.67 bits per heavy atom. The predicted octanol–water partition coefficient (Wildman–Crippen LogP) is 1.54. The summed E-state index contributed by atoms with van der Waals surface area (Å²) in [5.74, 6) is 0.137. The highest BCUT2D eigenvalue weighted by atomic mass is 16.2. The number of nitrogens with one attached hydrogen (secondary N) is 2. The van der Waals surface area contributed by atoms with E-state index in [1.54, 1.807) is 0 Å². The Bertz CT molecular complexity index is 473. The zero-order valence-electron chi connectivity index (χ0n) is 10.4. The molecule has 1 aromatic carbocycles. The third-order valence-corrected chi connectivity index (χ3v) is 3.75. The molecule has 0 bridgehead atoms. The molecule has 1 amide bonds. The first kappa shape index (κ1) is 11.5. The average molecular weight is 242 g/mol. The minimum atomic E-state index is -0.0829. The summed E-state index contributed by atoms with van der Waals surface area (Å²) in [5, 5.41) is 6.43. The van der Waals surface area contributed by atoms with E-state index in [9.17, 15) is 4.79 Å². The summed E-state index contributed by atoms with van der Waals surface area (Å²) in [6, 6.07) is 8.55. The SMILES string of the molecule is O=C(NC1CC=CC1)[C@@H]1Cc2ccccc2CN1. The van der Waals surface area contributed by atoms with Crippen LogP contribution in [-0.2, 0) is 17.8 Å². The van der Waals surface area contributed by atoms with Gasteiger partial charge in [0.15, 0.2) is 0 Å². The van der Waals surface area contributed by atoms with Gasteiger partial charge in [-0.25, -0.2) is 0 Å². The lowest BCUT2D eigenvalue weighted by molar-refractivity contribution is -0.124. The third kappa shape index (κ3) is 2.31. The van der Waals surface area contributed by atoms with Crippen molar-refractivity contribution >= 4 is 5.91 Å². The number of fused-ring (bicyclic) bond motifs is 1. The van der Waals surface area contributed by atoms with Crippen LogP contribution in [0.25, 0.3) is 0 Å². The Balaban J connectivity index is 1.63. The van der Waals surface area contributed by atoms with E-state index in [0.717, 1.165) is 25.8 Å². The van der Waals surface area contributed by atoms with E-state index < -0.39 is 0 Å². The van der Waals surface area contributed by atoms with Crippen LogP contribution in [0, 0.1) is 0 Å². The standard InChI is InChI=1S/C15H18N2O/c18-15(17-13-7-3-4-8-13)14-9-11-5-1-2-6-12(11)10-16-14/h1-6,13-14,16H,7-10H2,(H,17,18)/t14-/m0/s1. The molecule has 1 heterocycles. The molecule has 18 heavy (non-hydrogen) atoms. The molecule has 0 spiro atoms. The van der Waals surface area contributed by atoms with Crippen molar-refractivity contribution in [3.8, 4) is 0 Å². The van der Waals surface area contributed by atoms with E-state index in [1.807, 2.05) is 12.1 Å². The molecule has 0 unspecified atom stereocenters. The minimum Gasteiger partial charge on any atom is -0.351 e. The van der Waals surface area contributed by atoms with Crippen molar-refractivity contribution in [1.29, 1.82) is 0 Å². The lowest BCUT2D eigenvalue weighted by Gasteiger charge is -2.26. The Morgan fingerprint density at radius 1 is 1.17 bits per heavy atom. The first-order valence-corrected chi connectivity index (χ1v) is 6.58. The summed E-state index contributed by atoms with van der Waals surface area (Å²) < 4.78 is 0. The lowest BCUT2D eigenvalue weighted by Crippen LogP contribution is -2.50. The molecule has 3 heteroatoms. The van der Waals surface area contributed by atoms with Crippen molar-refractivity contribution < 1.29 is 4.79 Å². The van der Waals surface area contributed by atoms with E-state index in [2.05, 4.69) is 34.9 Å². The third-order valence-electron chi connectivity index (χ3n) is 3.75. The summed E-state index contributed by atoms with van der Waals surface area (Å²) >= 11 is 0. The maximum absolute atomic E-state index is 12.2. The molecule has 1 aromatic rings. The molecule has 1 aliphatic carbocycles. The first-order valence-electron chi connectivity index (χ1n) is 6.58. The summed E-state index contributed by atoms with van der Waals surface area (Å²) in [4.78, 5) is 12.2. The topological polar surface area (TPSA) is 41.1 Å². The Morgan fingerprint density at radius 2 is 1.89 bits per heavy atom. The molecule has 0 fully saturated rings. The van der Waals surface area contributed by atoms with Crippen molar-refractivity contribution in [2.24, 2.45) is 0 Å². The van der Waals surface area contributed by atoms with Gasteiger partial charge in [0.05, 0.1) is 6.04 Å². The molecule has 0 aromatic heterocycles. The van der Waals surface area contributed by atoms with Gasteiger partial charge in [0.25, 0.3) is 0 Å². The van der Waals surface area contributed by atoms with Gasteiger partial charge in [-0.3, -0.25) is 4.79 Å². The van der Waals surface area contributed by atoms with Gasteiger partial charge in [-0.05, 0) is 30.4 Å². The highest BCUT2D eigenvalue weighted by Gasteiger charge is 2.25. The zero-order chi connectivity index (χ0) is 12.4. The van der Waals surface area contributed by atoms with E-state index in [0.29, 0.717) is 6.04 Å². The number of rotatable bonds is 2. The van der Waals surface area contributed by atoms with Crippen LogP contribution in [0.15, 0.2) is 36.4 Å². The normalized spacial score (nSPS) is 22.8. The highest BCUT2D eigenvalue weighted by Crippen LogP contribution is 2.17. The maximum Gasteiger partial charge on any atom is 0.237 e. The number of hydrogen-bond acceptors (Lipinski definition) is 2. The Hall–Kier alpha value is -1.61. The minimum absolute atomic E-state index is 0.0829. The second-order valence-corrected chi connectivity index (χ2v) is 5.05. The van der Waals surface area contributed by atoms with Gasteiger partial charge in [0.1, 0.15) is 0 Å². The second-order valence-electron chi connectivity index (χ2n) is 5.05. The van der Waals surface area contributed by atoms with Crippen LogP contribution < -0.4 is 10.6 Å². The van der Waals surface area contributed by atoms with E-state index in [1.165, 1.54) is 11.1 Å². The fourth-order valence-corrected chi connectivity index (χ4v) is 2.68. The molecule has 94 valence electrons. The van der Waals surface area contributed by atoms with Crippen molar-refractivity contribution in [3.05, 3.63) is 47.5 Å². The van der Waals surface area contributed by atoms with Crippen molar-refractivity contribution in [1.82, 2.24) is 10.6 Å². The van der Waals surface area contributed by atoms with Gasteiger partial charge in [-0.1, -0.05) is 36.4 Å². The van der Waals surface area contributed by atoms with E-state index in [-0.39, 0.29) is 11.9 Å². The van der Waals surface area contributed by atoms with Crippen LogP contribution in [0.1, 0.15) is 24.0 Å². The fraction of sp³-hybridized carbons (Fsp3) is 0.400. The molecule has 0 saturated heterocycles. The van der Waals surface area contributed by atoms with Crippen LogP contribution in [0.3, 0.4) is 0 Å². The number of amides is 1. The summed E-state index contributed by atoms with van der Waals surface area (Å²) in [6.07, 6.45) is 7.00. The van der Waals surface area contributed by atoms with Crippen LogP contribution in [-0.4, -0.2) is 18.0 Å². The molecule has 0 radical (unpaired) electrons. The summed E-state index contributed by atoms with van der Waals surface area (Å²) in [6.45, 7) is 0.789. The van der Waals surface area contributed by atoms with Gasteiger partial charge in [0.2, 0.25) is 5.91 Å². The second kappa shape index (κ2) is 4.94. The first-order chi connectivity index (χ1) is 8.83. The Labute approximate surface area is 107 Å². The number of carbonyl (C=O) groups excluding carboxylic acids is 1. The van der Waals surface area contributed by atoms with Crippen LogP contribution in [0.2, 0.25) is 0 Å². The summed E-state index contributed by atoms with van der Waals surface area (Å²) in [7, 11) is 0. The summed E-state index contributed by atoms with van der Waals surface area (Å²) in [5.41, 5.74) is 2.60. The lowest BCUT2D eigenvalue weighted by atomic mass is 9.95. The van der Waals surface area contributed by atoms with Gasteiger partial charge in [0, 0.05) is 12.6 Å². The van der Waals surface area contributed by atoms with Gasteiger partial charge in [-0.15, -0.1) is 0 Å². The smallest absolute Gasteiger partial charge is 0.237 e. The Kier molecular flexibility index (Phi) is 3.15. The van der Waals surface area contributed by atoms with Gasteiger partial charge < -0.3 is 10.6 Å². The monoisotopic (exact) mass is 242 g/mol. The number of carbonyl (C=O) groups is 1. The zero-order valence-corrected chi connectivity index (χ0v) is 10.4. The number of benzene rings is 1. The number of hydrogen-bond donors (Lipinski definition) is 2. The molecular formula is C15H18N2O. The highest BCUT2D eigenvalue weighted by molar-refractivity contribution is 5.82. The quantitative estimate of drug-likeness (QED) is 0.772. The molecule has 3 rings (SSSR count). The fourth-order valence-electron chi connectivity index (χ4n) is 2.68. The van der Waals surface area contributed by atoms with E-state index >= 15 is 0 Å². The molecule has 1 atom stereocenters. The molecule has 2 aliphatic rings. The predicted molar refractivity (Wildman–Crippen MR) is 71.1 cm³/mol. The van der Waals surface area contributed by atoms with Crippen molar-refractivity contribution in [2.75, 3.05) is 0 Å². The maximum atomic E-state index is 12.2. The average Bonchev–Trinajstić information content (AvgIpc) is 2.91. The van der Waals surface area contributed by atoms with Crippen molar-refractivity contribution in [3.63, 3.8) is 0 Å². The van der Waals surface area contributed by atoms with Crippen LogP contribution in [0.4, 0.5) is 0 Å². The van der Waals surface area contributed by atoms with Gasteiger partial charge in [-0.2, -0.15) is 0 Å².